The fourth-order valence-electron chi connectivity index (χ4n) is 4.34. The lowest BCUT2D eigenvalue weighted by molar-refractivity contribution is -0.136. The van der Waals surface area contributed by atoms with Crippen LogP contribution in [-0.4, -0.2) is 11.9 Å². The maximum absolute atomic E-state index is 12.9. The lowest BCUT2D eigenvalue weighted by Gasteiger charge is -2.15. The summed E-state index contributed by atoms with van der Waals surface area (Å²) in [5.74, 6) is 0.344. The normalized spacial score (nSPS) is 12.9. The van der Waals surface area contributed by atoms with Crippen molar-refractivity contribution in [1.29, 1.82) is 0 Å². The van der Waals surface area contributed by atoms with Gasteiger partial charge in [0.2, 0.25) is 0 Å². The molecule has 0 aliphatic rings. The lowest BCUT2D eigenvalue weighted by Crippen LogP contribution is -2.18. The molecule has 3 rings (SSSR count). The van der Waals surface area contributed by atoms with Crippen molar-refractivity contribution in [1.82, 2.24) is 0 Å². The highest BCUT2D eigenvalue weighted by Gasteiger charge is 2.21. The summed E-state index contributed by atoms with van der Waals surface area (Å²) in [5.41, 5.74) is 5.16. The van der Waals surface area contributed by atoms with Crippen LogP contribution in [0.2, 0.25) is 0 Å². The molecular formula is C33H40O4. The highest BCUT2D eigenvalue weighted by molar-refractivity contribution is 5.81. The molecule has 0 heterocycles. The second kappa shape index (κ2) is 12.7. The number of rotatable bonds is 10. The molecule has 0 saturated heterocycles. The molecule has 0 aliphatic carbocycles. The summed E-state index contributed by atoms with van der Waals surface area (Å²) in [6.45, 7) is 14.3. The molecule has 0 amide bonds. The molecule has 0 fully saturated rings. The third-order valence-electron chi connectivity index (χ3n) is 6.42. The highest BCUT2D eigenvalue weighted by atomic mass is 16.5. The monoisotopic (exact) mass is 500 g/mol. The van der Waals surface area contributed by atoms with E-state index < -0.39 is 11.8 Å². The Balaban J connectivity index is 1.65. The van der Waals surface area contributed by atoms with E-state index in [4.69, 9.17) is 9.47 Å². The molecule has 0 N–H and O–H groups in total. The smallest absolute Gasteiger partial charge is 0.318 e. The van der Waals surface area contributed by atoms with Crippen LogP contribution < -0.4 is 9.47 Å². The minimum absolute atomic E-state index is 0.352. The molecule has 0 saturated carbocycles. The average Bonchev–Trinajstić information content (AvgIpc) is 2.83. The number of esters is 2. The van der Waals surface area contributed by atoms with E-state index in [1.54, 1.807) is 18.2 Å². The topological polar surface area (TPSA) is 52.6 Å². The van der Waals surface area contributed by atoms with Crippen LogP contribution in [0.25, 0.3) is 0 Å². The molecule has 0 aliphatic heterocycles. The van der Waals surface area contributed by atoms with Gasteiger partial charge in [-0.25, -0.2) is 0 Å². The molecule has 196 valence electrons. The van der Waals surface area contributed by atoms with E-state index in [0.717, 1.165) is 29.5 Å². The zero-order valence-corrected chi connectivity index (χ0v) is 23.2. The van der Waals surface area contributed by atoms with Gasteiger partial charge in [-0.3, -0.25) is 9.59 Å². The minimum Gasteiger partial charge on any atom is -0.426 e. The summed E-state index contributed by atoms with van der Waals surface area (Å²) in [6, 6.07) is 21.4. The highest BCUT2D eigenvalue weighted by Crippen LogP contribution is 2.27. The van der Waals surface area contributed by atoms with Gasteiger partial charge in [0.25, 0.3) is 0 Å². The second-order valence-electron chi connectivity index (χ2n) is 10.9. The molecule has 4 heteroatoms. The van der Waals surface area contributed by atoms with E-state index in [2.05, 4.69) is 52.0 Å². The maximum atomic E-state index is 12.9. The lowest BCUT2D eigenvalue weighted by atomic mass is 9.97. The summed E-state index contributed by atoms with van der Waals surface area (Å²) < 4.78 is 11.4. The van der Waals surface area contributed by atoms with Crippen molar-refractivity contribution in [3.63, 3.8) is 0 Å². The number of hydrogen-bond donors (Lipinski definition) is 0. The fraction of sp³-hybridized carbons (Fsp3) is 0.394. The summed E-state index contributed by atoms with van der Waals surface area (Å²) in [6.07, 6.45) is 2.01. The van der Waals surface area contributed by atoms with Gasteiger partial charge in [-0.05, 0) is 85.4 Å². The van der Waals surface area contributed by atoms with Gasteiger partial charge in [-0.15, -0.1) is 0 Å². The SMILES string of the molecule is Cc1cc(OC(=O)[C@@H](C)c2ccc(CC(C)C)cc2)cc(OC(=O)[C@@H](C)c2ccc(CC(C)C)cc2)c1. The number of carbonyl (C=O) groups excluding carboxylic acids is 2. The van der Waals surface area contributed by atoms with Crippen molar-refractivity contribution >= 4 is 11.9 Å². The van der Waals surface area contributed by atoms with Crippen molar-refractivity contribution in [3.05, 3.63) is 94.5 Å². The molecule has 0 aromatic heterocycles. The molecule has 0 radical (unpaired) electrons. The third kappa shape index (κ3) is 8.31. The standard InChI is InChI=1S/C33H40O4/c1-21(2)16-26-8-12-28(13-9-26)24(6)32(34)36-30-18-23(5)19-31(20-30)37-33(35)25(7)29-14-10-27(11-15-29)17-22(3)4/h8-15,18-22,24-25H,16-17H2,1-7H3/t24-,25-/m0/s1. The van der Waals surface area contributed by atoms with E-state index in [-0.39, 0.29) is 11.9 Å². The van der Waals surface area contributed by atoms with Crippen LogP contribution in [0.15, 0.2) is 66.7 Å². The Morgan fingerprint density at radius 3 is 1.27 bits per heavy atom. The summed E-state index contributed by atoms with van der Waals surface area (Å²) in [4.78, 5) is 25.8. The van der Waals surface area contributed by atoms with Gasteiger partial charge < -0.3 is 9.47 Å². The van der Waals surface area contributed by atoms with E-state index in [9.17, 15) is 9.59 Å². The van der Waals surface area contributed by atoms with Crippen LogP contribution in [0.5, 0.6) is 11.5 Å². The first-order valence-electron chi connectivity index (χ1n) is 13.2. The number of hydrogen-bond acceptors (Lipinski definition) is 4. The van der Waals surface area contributed by atoms with Crippen molar-refractivity contribution in [2.45, 2.75) is 73.1 Å². The summed E-state index contributed by atoms with van der Waals surface area (Å²) in [5, 5.41) is 0. The number of carbonyl (C=O) groups is 2. The predicted molar refractivity (Wildman–Crippen MR) is 149 cm³/mol. The fourth-order valence-corrected chi connectivity index (χ4v) is 4.34. The van der Waals surface area contributed by atoms with Crippen molar-refractivity contribution in [2.75, 3.05) is 0 Å². The first kappa shape index (κ1) is 28.2. The van der Waals surface area contributed by atoms with E-state index >= 15 is 0 Å². The van der Waals surface area contributed by atoms with Gasteiger partial charge >= 0.3 is 11.9 Å². The zero-order valence-electron chi connectivity index (χ0n) is 23.2. The van der Waals surface area contributed by atoms with E-state index in [1.165, 1.54) is 11.1 Å². The van der Waals surface area contributed by atoms with Crippen LogP contribution in [0.1, 0.15) is 81.2 Å². The second-order valence-corrected chi connectivity index (χ2v) is 10.9. The van der Waals surface area contributed by atoms with Crippen LogP contribution in [0, 0.1) is 18.8 Å². The minimum atomic E-state index is -0.418. The number of benzene rings is 3. The Bertz CT molecular complexity index is 1100. The molecular weight excluding hydrogens is 460 g/mol. The molecule has 0 spiro atoms. The zero-order chi connectivity index (χ0) is 27.1. The van der Waals surface area contributed by atoms with Gasteiger partial charge in [0.15, 0.2) is 0 Å². The Morgan fingerprint density at radius 2 is 0.946 bits per heavy atom. The van der Waals surface area contributed by atoms with Crippen molar-refractivity contribution < 1.29 is 19.1 Å². The largest absolute Gasteiger partial charge is 0.426 e. The number of ether oxygens (including phenoxy) is 2. The summed E-state index contributed by atoms with van der Waals surface area (Å²) in [7, 11) is 0. The Hall–Kier alpha value is -3.40. The quantitative estimate of drug-likeness (QED) is 0.210. The molecule has 0 bridgehead atoms. The van der Waals surface area contributed by atoms with Crippen molar-refractivity contribution in [3.8, 4) is 11.5 Å². The Labute approximate surface area is 222 Å². The van der Waals surface area contributed by atoms with Gasteiger partial charge in [0.1, 0.15) is 11.5 Å². The molecule has 3 aromatic rings. The van der Waals surface area contributed by atoms with Gasteiger partial charge in [-0.2, -0.15) is 0 Å². The maximum Gasteiger partial charge on any atom is 0.318 e. The molecule has 2 atom stereocenters. The van der Waals surface area contributed by atoms with E-state index in [1.807, 2.05) is 45.0 Å². The Kier molecular flexibility index (Phi) is 9.68. The third-order valence-corrected chi connectivity index (χ3v) is 6.42. The van der Waals surface area contributed by atoms with Gasteiger partial charge in [-0.1, -0.05) is 76.2 Å². The van der Waals surface area contributed by atoms with Crippen molar-refractivity contribution in [2.24, 2.45) is 11.8 Å². The first-order chi connectivity index (χ1) is 17.5. The van der Waals surface area contributed by atoms with Crippen LogP contribution >= 0.6 is 0 Å². The molecule has 3 aromatic carbocycles. The molecule has 4 nitrogen and oxygen atoms in total. The number of aryl methyl sites for hydroxylation is 1. The van der Waals surface area contributed by atoms with Crippen LogP contribution in [0.3, 0.4) is 0 Å². The van der Waals surface area contributed by atoms with Crippen LogP contribution in [-0.2, 0) is 22.4 Å². The summed E-state index contributed by atoms with van der Waals surface area (Å²) >= 11 is 0. The first-order valence-corrected chi connectivity index (χ1v) is 13.2. The Morgan fingerprint density at radius 1 is 0.595 bits per heavy atom. The molecule has 37 heavy (non-hydrogen) atoms. The van der Waals surface area contributed by atoms with Gasteiger partial charge in [0.05, 0.1) is 11.8 Å². The van der Waals surface area contributed by atoms with E-state index in [0.29, 0.717) is 23.3 Å². The molecule has 0 unspecified atom stereocenters. The van der Waals surface area contributed by atoms with Crippen LogP contribution in [0.4, 0.5) is 0 Å². The van der Waals surface area contributed by atoms with Gasteiger partial charge in [0, 0.05) is 6.07 Å². The average molecular weight is 501 g/mol. The predicted octanol–water partition coefficient (Wildman–Crippen LogP) is 7.81.